The van der Waals surface area contributed by atoms with Gasteiger partial charge >= 0.3 is 143 Å². The number of hydrogen-bond donors (Lipinski definition) is 1. The van der Waals surface area contributed by atoms with Crippen LogP contribution in [-0.4, -0.2) is 57.2 Å². The fourth-order valence-corrected chi connectivity index (χ4v) is 7.67. The molecule has 1 N–H and O–H groups in total. The van der Waals surface area contributed by atoms with E-state index in [1.54, 1.807) is 0 Å². The topological polar surface area (TPSA) is 83.6 Å². The molecule has 0 saturated carbocycles. The number of alkyl halides is 6. The molecule has 0 amide bonds. The molecule has 0 bridgehead atoms. The van der Waals surface area contributed by atoms with Crippen molar-refractivity contribution in [2.75, 3.05) is 20.0 Å². The molecule has 0 aliphatic carbocycles. The second-order valence-electron chi connectivity index (χ2n) is 6.21. The molecule has 154 valence electrons. The van der Waals surface area contributed by atoms with E-state index in [1.165, 1.54) is 20.0 Å². The molecule has 0 aromatic rings. The van der Waals surface area contributed by atoms with Gasteiger partial charge in [0.1, 0.15) is 0 Å². The van der Waals surface area contributed by atoms with Crippen molar-refractivity contribution in [3.8, 4) is 0 Å². The van der Waals surface area contributed by atoms with Crippen molar-refractivity contribution >= 4 is 27.5 Å². The van der Waals surface area contributed by atoms with E-state index in [0.717, 1.165) is 13.8 Å². The van der Waals surface area contributed by atoms with Gasteiger partial charge in [0.25, 0.3) is 0 Å². The number of nitrogens with zero attached hydrogens (tertiary/aromatic N) is 1. The second-order valence-corrected chi connectivity index (χ2v) is 14.7. The Morgan fingerprint density at radius 3 is 1.24 bits per heavy atom. The summed E-state index contributed by atoms with van der Waals surface area (Å²) in [5.41, 5.74) is -15.1. The summed E-state index contributed by atoms with van der Waals surface area (Å²) in [7, 11) is -16.4. The SMILES string of the molecule is CCC(CC)(N[PH](C)(C)C)N(S(=O)(=O)C(F)(F)F)S(=O)(=O)C(F)(F)F. The van der Waals surface area contributed by atoms with Crippen LogP contribution in [0.4, 0.5) is 26.3 Å². The Kier molecular flexibility index (Phi) is 7.05. The van der Waals surface area contributed by atoms with Gasteiger partial charge in [0, 0.05) is 0 Å². The van der Waals surface area contributed by atoms with Gasteiger partial charge in [-0.15, -0.1) is 0 Å². The quantitative estimate of drug-likeness (QED) is 0.372. The second kappa shape index (κ2) is 7.10. The Balaban J connectivity index is 7.02. The number of sulfonamides is 2. The van der Waals surface area contributed by atoms with Gasteiger partial charge < -0.3 is 0 Å². The summed E-state index contributed by atoms with van der Waals surface area (Å²) < 4.78 is 123. The fraction of sp³-hybridized carbons (Fsp3) is 1.00. The van der Waals surface area contributed by atoms with E-state index in [-0.39, 0.29) is 0 Å². The van der Waals surface area contributed by atoms with Crippen molar-refractivity contribution in [1.29, 1.82) is 0 Å². The zero-order valence-electron chi connectivity index (χ0n) is 14.1. The molecule has 15 heteroatoms. The Bertz CT molecular complexity index is 634. The zero-order valence-corrected chi connectivity index (χ0v) is 16.7. The van der Waals surface area contributed by atoms with Crippen molar-refractivity contribution in [3.05, 3.63) is 0 Å². The summed E-state index contributed by atoms with van der Waals surface area (Å²) in [6, 6.07) is 0. The first-order chi connectivity index (χ1) is 10.7. The van der Waals surface area contributed by atoms with Gasteiger partial charge in [-0.1, -0.05) is 0 Å². The average molecular weight is 442 g/mol. The number of hydrogen-bond acceptors (Lipinski definition) is 5. The third-order valence-corrected chi connectivity index (χ3v) is 8.28. The van der Waals surface area contributed by atoms with E-state index in [9.17, 15) is 43.2 Å². The maximum atomic E-state index is 13.0. The molecule has 0 spiro atoms. The molecule has 0 rings (SSSR count). The molecule has 0 fully saturated rings. The van der Waals surface area contributed by atoms with Crippen LogP contribution in [0.1, 0.15) is 26.7 Å². The van der Waals surface area contributed by atoms with Gasteiger partial charge in [0.05, 0.1) is 0 Å². The molecule has 0 aliphatic rings. The first-order valence-electron chi connectivity index (χ1n) is 6.92. The molecular formula is C10H21F6N2O4PS2. The van der Waals surface area contributed by atoms with Gasteiger partial charge in [-0.25, -0.2) is 0 Å². The van der Waals surface area contributed by atoms with E-state index in [1.807, 2.05) is 0 Å². The van der Waals surface area contributed by atoms with Crippen molar-refractivity contribution in [3.63, 3.8) is 0 Å². The summed E-state index contributed by atoms with van der Waals surface area (Å²) in [4.78, 5) is 0. The Labute approximate surface area is 143 Å². The molecular weight excluding hydrogens is 421 g/mol. The molecule has 25 heavy (non-hydrogen) atoms. The summed E-state index contributed by atoms with van der Waals surface area (Å²) in [5.74, 6) is 0. The van der Waals surface area contributed by atoms with Gasteiger partial charge in [0.15, 0.2) is 0 Å². The number of rotatable bonds is 7. The van der Waals surface area contributed by atoms with Crippen LogP contribution in [0.3, 0.4) is 0 Å². The van der Waals surface area contributed by atoms with Crippen LogP contribution < -0.4 is 5.09 Å². The van der Waals surface area contributed by atoms with E-state index >= 15 is 0 Å². The van der Waals surface area contributed by atoms with Crippen LogP contribution in [0.25, 0.3) is 0 Å². The summed E-state index contributed by atoms with van der Waals surface area (Å²) >= 11 is 0. The van der Waals surface area contributed by atoms with Gasteiger partial charge in [-0.2, -0.15) is 0 Å². The predicted molar refractivity (Wildman–Crippen MR) is 84.3 cm³/mol. The first kappa shape index (κ1) is 24.8. The normalized spacial score (nSPS) is 16.3. The van der Waals surface area contributed by atoms with Gasteiger partial charge in [-0.3, -0.25) is 0 Å². The minimum absolute atomic E-state index is 0.640. The molecule has 0 heterocycles. The van der Waals surface area contributed by atoms with Gasteiger partial charge in [-0.05, 0) is 0 Å². The van der Waals surface area contributed by atoms with Crippen LogP contribution in [0, 0.1) is 0 Å². The first-order valence-corrected chi connectivity index (χ1v) is 13.3. The average Bonchev–Trinajstić information content (AvgIpc) is 2.32. The molecule has 0 unspecified atom stereocenters. The Morgan fingerprint density at radius 2 is 1.08 bits per heavy atom. The Morgan fingerprint density at radius 1 is 0.800 bits per heavy atom. The van der Waals surface area contributed by atoms with Crippen molar-refractivity contribution in [2.24, 2.45) is 0 Å². The Hall–Kier alpha value is -0.170. The predicted octanol–water partition coefficient (Wildman–Crippen LogP) is 2.65. The van der Waals surface area contributed by atoms with Crippen molar-refractivity contribution < 1.29 is 43.2 Å². The van der Waals surface area contributed by atoms with Gasteiger partial charge in [0.2, 0.25) is 0 Å². The molecule has 0 saturated heterocycles. The maximum absolute atomic E-state index is 13.0. The van der Waals surface area contributed by atoms with E-state index < -0.39 is 60.7 Å². The third-order valence-electron chi connectivity index (χ3n) is 3.15. The van der Waals surface area contributed by atoms with Crippen LogP contribution in [0.5, 0.6) is 0 Å². The van der Waals surface area contributed by atoms with Crippen LogP contribution in [0.2, 0.25) is 0 Å². The molecule has 6 nitrogen and oxygen atoms in total. The van der Waals surface area contributed by atoms with Crippen LogP contribution >= 0.6 is 7.41 Å². The number of nitrogens with one attached hydrogen (secondary N) is 1. The van der Waals surface area contributed by atoms with Crippen LogP contribution in [0.15, 0.2) is 0 Å². The van der Waals surface area contributed by atoms with E-state index in [0.29, 0.717) is 0 Å². The molecule has 0 atom stereocenters. The summed E-state index contributed by atoms with van der Waals surface area (Å²) in [6.07, 6.45) is -1.28. The molecule has 0 radical (unpaired) electrons. The third kappa shape index (κ3) is 4.96. The monoisotopic (exact) mass is 442 g/mol. The standard InChI is InChI=1S/C10H21F6N2O4PS2/c1-6-8(7-2,17-23(3,4)5)18(24(19,20)9(11,12)13)25(21,22)10(14,15)16/h17,23H,6-7H2,1-5H3. The van der Waals surface area contributed by atoms with Crippen molar-refractivity contribution in [1.82, 2.24) is 8.80 Å². The minimum atomic E-state index is -6.85. The van der Waals surface area contributed by atoms with Crippen molar-refractivity contribution in [2.45, 2.75) is 43.4 Å². The molecule has 0 aromatic carbocycles. The molecule has 0 aromatic heterocycles. The zero-order chi connectivity index (χ0) is 20.7. The summed E-state index contributed by atoms with van der Waals surface area (Å²) in [5, 5.41) is 2.43. The van der Waals surface area contributed by atoms with E-state index in [4.69, 9.17) is 0 Å². The van der Waals surface area contributed by atoms with E-state index in [2.05, 4.69) is 5.09 Å². The summed E-state index contributed by atoms with van der Waals surface area (Å²) in [6.45, 7) is 6.63. The fourth-order valence-electron chi connectivity index (χ4n) is 2.21. The molecule has 0 aliphatic heterocycles. The number of halogens is 6. The van der Waals surface area contributed by atoms with Crippen LogP contribution in [-0.2, 0) is 20.0 Å².